The van der Waals surface area contributed by atoms with Crippen molar-refractivity contribution >= 4 is 29.0 Å². The molecule has 0 radical (unpaired) electrons. The number of thioether (sulfide) groups is 1. The second-order valence-electron chi connectivity index (χ2n) is 6.15. The maximum absolute atomic E-state index is 12.7. The molecule has 3 rings (SSSR count). The van der Waals surface area contributed by atoms with Gasteiger partial charge in [0, 0.05) is 11.4 Å². The SMILES string of the molecule is C=CCN(Cc1cccs1)C(=O)CSc1nnnn1-c1cc(C)cc(C)c1. The van der Waals surface area contributed by atoms with E-state index in [0.717, 1.165) is 21.7 Å². The van der Waals surface area contributed by atoms with Crippen LogP contribution in [0.3, 0.4) is 0 Å². The first-order valence-electron chi connectivity index (χ1n) is 8.47. The van der Waals surface area contributed by atoms with Gasteiger partial charge >= 0.3 is 0 Å². The third-order valence-electron chi connectivity index (χ3n) is 3.85. The minimum atomic E-state index is 0.0308. The van der Waals surface area contributed by atoms with E-state index in [9.17, 15) is 4.79 Å². The molecule has 6 nitrogen and oxygen atoms in total. The van der Waals surface area contributed by atoms with Crippen molar-refractivity contribution < 1.29 is 4.79 Å². The lowest BCUT2D eigenvalue weighted by atomic mass is 10.1. The van der Waals surface area contributed by atoms with E-state index in [4.69, 9.17) is 0 Å². The summed E-state index contributed by atoms with van der Waals surface area (Å²) in [6, 6.07) is 10.2. The first kappa shape index (κ1) is 19.3. The Hall–Kier alpha value is -2.45. The van der Waals surface area contributed by atoms with Crippen LogP contribution in [0.5, 0.6) is 0 Å². The van der Waals surface area contributed by atoms with E-state index in [2.05, 4.69) is 28.2 Å². The smallest absolute Gasteiger partial charge is 0.233 e. The lowest BCUT2D eigenvalue weighted by Crippen LogP contribution is -2.31. The van der Waals surface area contributed by atoms with Gasteiger partial charge in [0.15, 0.2) is 0 Å². The number of carbonyl (C=O) groups is 1. The number of tetrazole rings is 1. The molecule has 2 heterocycles. The van der Waals surface area contributed by atoms with Crippen LogP contribution in [-0.2, 0) is 11.3 Å². The fraction of sp³-hybridized carbons (Fsp3) is 0.263. The van der Waals surface area contributed by atoms with Gasteiger partial charge in [-0.3, -0.25) is 4.79 Å². The van der Waals surface area contributed by atoms with E-state index in [-0.39, 0.29) is 11.7 Å². The molecule has 0 atom stereocenters. The maximum Gasteiger partial charge on any atom is 0.233 e. The summed E-state index contributed by atoms with van der Waals surface area (Å²) < 4.78 is 1.68. The highest BCUT2D eigenvalue weighted by Crippen LogP contribution is 2.21. The van der Waals surface area contributed by atoms with Gasteiger partial charge in [0.2, 0.25) is 11.1 Å². The summed E-state index contributed by atoms with van der Waals surface area (Å²) in [6.45, 7) is 8.93. The van der Waals surface area contributed by atoms with Gasteiger partial charge in [0.1, 0.15) is 0 Å². The lowest BCUT2D eigenvalue weighted by molar-refractivity contribution is -0.128. The summed E-state index contributed by atoms with van der Waals surface area (Å²) in [7, 11) is 0. The normalized spacial score (nSPS) is 10.7. The van der Waals surface area contributed by atoms with Gasteiger partial charge in [-0.05, 0) is 59.0 Å². The van der Waals surface area contributed by atoms with Crippen LogP contribution in [0.4, 0.5) is 0 Å². The van der Waals surface area contributed by atoms with Crippen molar-refractivity contribution in [1.29, 1.82) is 0 Å². The molecular weight excluding hydrogens is 378 g/mol. The first-order chi connectivity index (χ1) is 13.1. The molecule has 2 aromatic heterocycles. The van der Waals surface area contributed by atoms with Crippen LogP contribution in [0.1, 0.15) is 16.0 Å². The quantitative estimate of drug-likeness (QED) is 0.427. The van der Waals surface area contributed by atoms with E-state index >= 15 is 0 Å². The molecule has 0 saturated heterocycles. The molecule has 0 unspecified atom stereocenters. The minimum absolute atomic E-state index is 0.0308. The van der Waals surface area contributed by atoms with Crippen molar-refractivity contribution in [2.45, 2.75) is 25.5 Å². The molecule has 0 aliphatic carbocycles. The predicted octanol–water partition coefficient (Wildman–Crippen LogP) is 3.65. The fourth-order valence-electron chi connectivity index (χ4n) is 2.72. The summed E-state index contributed by atoms with van der Waals surface area (Å²) in [5.41, 5.74) is 3.18. The summed E-state index contributed by atoms with van der Waals surface area (Å²) in [5, 5.41) is 14.6. The zero-order valence-electron chi connectivity index (χ0n) is 15.3. The average Bonchev–Trinajstić information content (AvgIpc) is 3.30. The first-order valence-corrected chi connectivity index (χ1v) is 10.3. The molecule has 0 fully saturated rings. The third kappa shape index (κ3) is 5.05. The van der Waals surface area contributed by atoms with Gasteiger partial charge in [-0.1, -0.05) is 30.0 Å². The van der Waals surface area contributed by atoms with E-state index in [0.29, 0.717) is 18.2 Å². The van der Waals surface area contributed by atoms with Crippen molar-refractivity contribution in [3.8, 4) is 5.69 Å². The minimum Gasteiger partial charge on any atom is -0.333 e. The highest BCUT2D eigenvalue weighted by atomic mass is 32.2. The zero-order chi connectivity index (χ0) is 19.2. The predicted molar refractivity (Wildman–Crippen MR) is 109 cm³/mol. The van der Waals surface area contributed by atoms with E-state index < -0.39 is 0 Å². The van der Waals surface area contributed by atoms with Crippen molar-refractivity contribution in [2.75, 3.05) is 12.3 Å². The molecule has 0 spiro atoms. The third-order valence-corrected chi connectivity index (χ3v) is 5.61. The molecule has 8 heteroatoms. The van der Waals surface area contributed by atoms with Gasteiger partial charge < -0.3 is 4.90 Å². The fourth-order valence-corrected chi connectivity index (χ4v) is 4.24. The Labute approximate surface area is 166 Å². The monoisotopic (exact) mass is 399 g/mol. The van der Waals surface area contributed by atoms with Crippen LogP contribution in [0.15, 0.2) is 53.5 Å². The highest BCUT2D eigenvalue weighted by Gasteiger charge is 2.17. The Morgan fingerprint density at radius 3 is 2.78 bits per heavy atom. The summed E-state index contributed by atoms with van der Waals surface area (Å²) in [6.07, 6.45) is 1.75. The number of benzene rings is 1. The second kappa shape index (κ2) is 8.96. The molecule has 27 heavy (non-hydrogen) atoms. The van der Waals surface area contributed by atoms with E-state index in [1.807, 2.05) is 43.5 Å². The molecule has 140 valence electrons. The van der Waals surface area contributed by atoms with Gasteiger partial charge in [-0.15, -0.1) is 23.0 Å². The number of thiophene rings is 1. The number of hydrogen-bond acceptors (Lipinski definition) is 6. The number of rotatable bonds is 8. The van der Waals surface area contributed by atoms with Crippen LogP contribution < -0.4 is 0 Å². The Bertz CT molecular complexity index is 900. The zero-order valence-corrected chi connectivity index (χ0v) is 17.0. The number of hydrogen-bond donors (Lipinski definition) is 0. The Morgan fingerprint density at radius 2 is 2.11 bits per heavy atom. The lowest BCUT2D eigenvalue weighted by Gasteiger charge is -2.20. The Balaban J connectivity index is 1.70. The van der Waals surface area contributed by atoms with Gasteiger partial charge in [-0.2, -0.15) is 4.68 Å². The van der Waals surface area contributed by atoms with Crippen LogP contribution >= 0.6 is 23.1 Å². The van der Waals surface area contributed by atoms with Crippen molar-refractivity contribution in [3.63, 3.8) is 0 Å². The summed E-state index contributed by atoms with van der Waals surface area (Å²) in [5.74, 6) is 0.299. The summed E-state index contributed by atoms with van der Waals surface area (Å²) in [4.78, 5) is 15.6. The number of amides is 1. The van der Waals surface area contributed by atoms with E-state index in [1.54, 1.807) is 27.0 Å². The van der Waals surface area contributed by atoms with E-state index in [1.165, 1.54) is 11.8 Å². The molecule has 1 aromatic carbocycles. The van der Waals surface area contributed by atoms with Crippen molar-refractivity contribution in [2.24, 2.45) is 0 Å². The number of carbonyl (C=O) groups excluding carboxylic acids is 1. The molecule has 3 aromatic rings. The van der Waals surface area contributed by atoms with Crippen LogP contribution in [-0.4, -0.2) is 43.3 Å². The maximum atomic E-state index is 12.7. The largest absolute Gasteiger partial charge is 0.333 e. The summed E-state index contributed by atoms with van der Waals surface area (Å²) >= 11 is 2.98. The van der Waals surface area contributed by atoms with Crippen LogP contribution in [0, 0.1) is 13.8 Å². The molecular formula is C19H21N5OS2. The second-order valence-corrected chi connectivity index (χ2v) is 8.12. The van der Waals surface area contributed by atoms with Gasteiger partial charge in [0.25, 0.3) is 0 Å². The van der Waals surface area contributed by atoms with Crippen molar-refractivity contribution in [1.82, 2.24) is 25.1 Å². The van der Waals surface area contributed by atoms with Gasteiger partial charge in [0.05, 0.1) is 18.0 Å². The Morgan fingerprint density at radius 1 is 1.33 bits per heavy atom. The number of aryl methyl sites for hydroxylation is 2. The molecule has 0 N–H and O–H groups in total. The molecule has 0 aliphatic rings. The molecule has 0 aliphatic heterocycles. The molecule has 1 amide bonds. The van der Waals surface area contributed by atoms with Crippen LogP contribution in [0.2, 0.25) is 0 Å². The standard InChI is InChI=1S/C19H21N5OS2/c1-4-7-23(12-17-6-5-8-26-17)18(25)13-27-19-20-21-22-24(19)16-10-14(2)9-15(3)11-16/h4-6,8-11H,1,7,12-13H2,2-3H3. The van der Waals surface area contributed by atoms with Crippen LogP contribution in [0.25, 0.3) is 5.69 Å². The molecule has 0 saturated carbocycles. The van der Waals surface area contributed by atoms with Gasteiger partial charge in [-0.25, -0.2) is 0 Å². The Kier molecular flexibility index (Phi) is 6.41. The average molecular weight is 400 g/mol. The number of aromatic nitrogens is 4. The van der Waals surface area contributed by atoms with Crippen molar-refractivity contribution in [3.05, 3.63) is 64.4 Å². The molecule has 0 bridgehead atoms. The highest BCUT2D eigenvalue weighted by molar-refractivity contribution is 7.99. The number of nitrogens with zero attached hydrogens (tertiary/aromatic N) is 5. The topological polar surface area (TPSA) is 63.9 Å².